The van der Waals surface area contributed by atoms with Crippen LogP contribution in [0.5, 0.6) is 0 Å². The molecule has 0 saturated heterocycles. The van der Waals surface area contributed by atoms with Crippen molar-refractivity contribution < 1.29 is 9.00 Å². The molecule has 0 aliphatic rings. The number of amides is 1. The monoisotopic (exact) mass is 213 g/mol. The second-order valence-electron chi connectivity index (χ2n) is 2.79. The first-order valence-electron chi connectivity index (χ1n) is 4.10. The lowest BCUT2D eigenvalue weighted by molar-refractivity contribution is -0.114. The lowest BCUT2D eigenvalue weighted by atomic mass is 10.3. The molecule has 0 fully saturated rings. The summed E-state index contributed by atoms with van der Waals surface area (Å²) >= 11 is 0. The van der Waals surface area contributed by atoms with Gasteiger partial charge in [0.05, 0.1) is 0 Å². The molecule has 0 heterocycles. The molecule has 0 aliphatic heterocycles. The molecular weight excluding hydrogens is 198 g/mol. The Bertz CT molecular complexity index is 294. The fourth-order valence-electron chi connectivity index (χ4n) is 0.725. The van der Waals surface area contributed by atoms with Crippen molar-refractivity contribution in [2.75, 3.05) is 17.8 Å². The molecule has 4 heteroatoms. The molecule has 3 nitrogen and oxygen atoms in total. The number of para-hydroxylation sites is 1. The van der Waals surface area contributed by atoms with Gasteiger partial charge < -0.3 is 5.32 Å². The van der Waals surface area contributed by atoms with Gasteiger partial charge in [0.2, 0.25) is 5.91 Å². The number of nitrogens with one attached hydrogen (secondary N) is 1. The SMILES string of the molecule is CC(=O)Nc1ccccc1.CS(C)=O. The van der Waals surface area contributed by atoms with E-state index in [-0.39, 0.29) is 5.91 Å². The van der Waals surface area contributed by atoms with Crippen LogP contribution in [0.25, 0.3) is 0 Å². The van der Waals surface area contributed by atoms with Crippen molar-refractivity contribution in [3.63, 3.8) is 0 Å². The minimum atomic E-state index is -0.611. The Morgan fingerprint density at radius 2 is 1.64 bits per heavy atom. The van der Waals surface area contributed by atoms with Crippen LogP contribution in [0, 0.1) is 0 Å². The van der Waals surface area contributed by atoms with Gasteiger partial charge in [-0.1, -0.05) is 18.2 Å². The third-order valence-electron chi connectivity index (χ3n) is 1.09. The lowest BCUT2D eigenvalue weighted by Crippen LogP contribution is -2.04. The summed E-state index contributed by atoms with van der Waals surface area (Å²) in [5, 5.41) is 2.67. The van der Waals surface area contributed by atoms with Gasteiger partial charge in [-0.25, -0.2) is 0 Å². The molecule has 0 aliphatic carbocycles. The summed E-state index contributed by atoms with van der Waals surface area (Å²) in [5.41, 5.74) is 0.843. The summed E-state index contributed by atoms with van der Waals surface area (Å²) in [6.45, 7) is 1.49. The second kappa shape index (κ2) is 7.26. The van der Waals surface area contributed by atoms with Gasteiger partial charge in [0.1, 0.15) is 0 Å². The molecule has 0 saturated carbocycles. The number of anilines is 1. The zero-order valence-electron chi connectivity index (χ0n) is 8.61. The third-order valence-corrected chi connectivity index (χ3v) is 1.09. The normalized spacial score (nSPS) is 8.86. The van der Waals surface area contributed by atoms with E-state index in [1.807, 2.05) is 30.3 Å². The van der Waals surface area contributed by atoms with Gasteiger partial charge in [-0.05, 0) is 12.1 Å². The number of carbonyl (C=O) groups excluding carboxylic acids is 1. The van der Waals surface area contributed by atoms with Crippen LogP contribution in [0.15, 0.2) is 30.3 Å². The summed E-state index contributed by atoms with van der Waals surface area (Å²) in [6, 6.07) is 9.37. The standard InChI is InChI=1S/C8H9NO.C2H6OS/c1-7(10)9-8-5-3-2-4-6-8;1-4(2)3/h2-6H,1H3,(H,9,10);1-2H3. The number of benzene rings is 1. The maximum Gasteiger partial charge on any atom is 0.221 e. The molecule has 0 atom stereocenters. The van der Waals surface area contributed by atoms with Crippen molar-refractivity contribution in [3.05, 3.63) is 30.3 Å². The Balaban J connectivity index is 0.000000364. The van der Waals surface area contributed by atoms with Gasteiger partial charge in [0, 0.05) is 35.9 Å². The van der Waals surface area contributed by atoms with Crippen LogP contribution >= 0.6 is 0 Å². The maximum absolute atomic E-state index is 10.5. The van der Waals surface area contributed by atoms with Crippen molar-refractivity contribution in [3.8, 4) is 0 Å². The Labute approximate surface area is 87.0 Å². The van der Waals surface area contributed by atoms with E-state index in [2.05, 4.69) is 5.32 Å². The molecule has 0 radical (unpaired) electrons. The first kappa shape index (κ1) is 12.8. The Hall–Kier alpha value is -1.16. The maximum atomic E-state index is 10.5. The van der Waals surface area contributed by atoms with Crippen molar-refractivity contribution in [1.29, 1.82) is 0 Å². The number of hydrogen-bond donors (Lipinski definition) is 1. The summed E-state index contributed by atoms with van der Waals surface area (Å²) in [6.07, 6.45) is 3.28. The molecule has 1 rings (SSSR count). The highest BCUT2D eigenvalue weighted by Crippen LogP contribution is 2.03. The third kappa shape index (κ3) is 8.93. The van der Waals surface area contributed by atoms with E-state index in [1.165, 1.54) is 6.92 Å². The van der Waals surface area contributed by atoms with Gasteiger partial charge in [-0.3, -0.25) is 9.00 Å². The van der Waals surface area contributed by atoms with E-state index in [4.69, 9.17) is 0 Å². The molecule has 0 aromatic heterocycles. The van der Waals surface area contributed by atoms with Gasteiger partial charge >= 0.3 is 0 Å². The molecule has 14 heavy (non-hydrogen) atoms. The first-order valence-corrected chi connectivity index (χ1v) is 6.06. The minimum absolute atomic E-state index is 0.0359. The van der Waals surface area contributed by atoms with Crippen LogP contribution in [0.2, 0.25) is 0 Å². The van der Waals surface area contributed by atoms with Crippen LogP contribution in [-0.2, 0) is 15.6 Å². The van der Waals surface area contributed by atoms with Gasteiger partial charge in [-0.2, -0.15) is 0 Å². The number of carbonyl (C=O) groups is 1. The molecule has 1 aromatic rings. The van der Waals surface area contributed by atoms with Crippen LogP contribution < -0.4 is 5.32 Å². The summed E-state index contributed by atoms with van der Waals surface area (Å²) in [5.74, 6) is -0.0359. The van der Waals surface area contributed by atoms with Crippen molar-refractivity contribution in [2.45, 2.75) is 6.92 Å². The van der Waals surface area contributed by atoms with Crippen LogP contribution in [0.1, 0.15) is 6.92 Å². The van der Waals surface area contributed by atoms with Crippen LogP contribution in [0.3, 0.4) is 0 Å². The second-order valence-corrected chi connectivity index (χ2v) is 4.27. The van der Waals surface area contributed by atoms with Crippen molar-refractivity contribution in [2.24, 2.45) is 0 Å². The van der Waals surface area contributed by atoms with Gasteiger partial charge in [0.15, 0.2) is 0 Å². The quantitative estimate of drug-likeness (QED) is 0.771. The van der Waals surface area contributed by atoms with Gasteiger partial charge in [0.25, 0.3) is 0 Å². The van der Waals surface area contributed by atoms with E-state index >= 15 is 0 Å². The van der Waals surface area contributed by atoms with Crippen LogP contribution in [-0.4, -0.2) is 22.6 Å². The van der Waals surface area contributed by atoms with Crippen molar-refractivity contribution in [1.82, 2.24) is 0 Å². The molecule has 1 amide bonds. The highest BCUT2D eigenvalue weighted by atomic mass is 32.2. The fraction of sp³-hybridized carbons (Fsp3) is 0.300. The number of hydrogen-bond acceptors (Lipinski definition) is 2. The molecule has 0 unspecified atom stereocenters. The Morgan fingerprint density at radius 3 is 2.00 bits per heavy atom. The molecule has 0 bridgehead atoms. The van der Waals surface area contributed by atoms with E-state index in [0.29, 0.717) is 0 Å². The number of rotatable bonds is 1. The molecule has 1 aromatic carbocycles. The van der Waals surface area contributed by atoms with Crippen molar-refractivity contribution >= 4 is 22.4 Å². The largest absolute Gasteiger partial charge is 0.326 e. The van der Waals surface area contributed by atoms with Crippen LogP contribution in [0.4, 0.5) is 5.69 Å². The minimum Gasteiger partial charge on any atom is -0.326 e. The van der Waals surface area contributed by atoms with E-state index in [1.54, 1.807) is 12.5 Å². The molecule has 1 N–H and O–H groups in total. The van der Waals surface area contributed by atoms with E-state index in [9.17, 15) is 9.00 Å². The lowest BCUT2D eigenvalue weighted by Gasteiger charge is -1.98. The fourth-order valence-corrected chi connectivity index (χ4v) is 0.725. The average Bonchev–Trinajstić information content (AvgIpc) is 2.03. The van der Waals surface area contributed by atoms with E-state index < -0.39 is 10.8 Å². The Kier molecular flexibility index (Phi) is 6.66. The predicted octanol–water partition coefficient (Wildman–Crippen LogP) is 1.64. The highest BCUT2D eigenvalue weighted by Gasteiger charge is 1.90. The summed E-state index contributed by atoms with van der Waals surface area (Å²) in [7, 11) is -0.611. The highest BCUT2D eigenvalue weighted by molar-refractivity contribution is 7.83. The summed E-state index contributed by atoms with van der Waals surface area (Å²) in [4.78, 5) is 10.5. The topological polar surface area (TPSA) is 46.2 Å². The first-order chi connectivity index (χ1) is 6.52. The molecule has 0 spiro atoms. The van der Waals surface area contributed by atoms with Gasteiger partial charge in [-0.15, -0.1) is 0 Å². The molecule has 78 valence electrons. The Morgan fingerprint density at radius 1 is 1.21 bits per heavy atom. The zero-order valence-corrected chi connectivity index (χ0v) is 9.43. The smallest absolute Gasteiger partial charge is 0.221 e. The average molecular weight is 213 g/mol. The summed E-state index contributed by atoms with van der Waals surface area (Å²) < 4.78 is 9.56. The van der Waals surface area contributed by atoms with E-state index in [0.717, 1.165) is 5.69 Å². The zero-order chi connectivity index (χ0) is 11.0. The predicted molar refractivity (Wildman–Crippen MR) is 60.7 cm³/mol. The molecular formula is C10H15NO2S.